The predicted molar refractivity (Wildman–Crippen MR) is 108 cm³/mol. The topological polar surface area (TPSA) is 58.1 Å². The molecule has 1 aromatic heterocycles. The third kappa shape index (κ3) is 3.16. The molecule has 27 heavy (non-hydrogen) atoms. The Labute approximate surface area is 159 Å². The number of benzene rings is 2. The van der Waals surface area contributed by atoms with Crippen LogP contribution in [-0.4, -0.2) is 21.9 Å². The number of fused-ring (bicyclic) bond motifs is 1. The van der Waals surface area contributed by atoms with Crippen molar-refractivity contribution in [2.45, 2.75) is 33.2 Å². The lowest BCUT2D eigenvalue weighted by molar-refractivity contribution is 0.102. The Morgan fingerprint density at radius 3 is 2.41 bits per heavy atom. The molecule has 1 atom stereocenters. The second-order valence-electron chi connectivity index (χ2n) is 7.04. The van der Waals surface area contributed by atoms with Crippen LogP contribution in [-0.2, 0) is 6.42 Å². The van der Waals surface area contributed by atoms with Crippen molar-refractivity contribution in [3.8, 4) is 0 Å². The molecule has 1 aliphatic rings. The van der Waals surface area contributed by atoms with Gasteiger partial charge in [0.15, 0.2) is 0 Å². The minimum atomic E-state index is -0.200. The molecule has 2 aromatic carbocycles. The summed E-state index contributed by atoms with van der Waals surface area (Å²) in [7, 11) is 0. The molecule has 0 spiro atoms. The van der Waals surface area contributed by atoms with Crippen molar-refractivity contribution in [1.82, 2.24) is 9.97 Å². The molecular weight excluding hydrogens is 336 g/mol. The van der Waals surface area contributed by atoms with Gasteiger partial charge in [-0.1, -0.05) is 36.4 Å². The Hall–Kier alpha value is -3.21. The number of para-hydroxylation sites is 2. The molecule has 0 saturated carbocycles. The summed E-state index contributed by atoms with van der Waals surface area (Å²) in [6, 6.07) is 14.5. The molecule has 5 heteroatoms. The number of carbonyl (C=O) groups is 1. The fraction of sp³-hybridized carbons (Fsp3) is 0.227. The van der Waals surface area contributed by atoms with Gasteiger partial charge in [-0.15, -0.1) is 0 Å². The molecule has 136 valence electrons. The summed E-state index contributed by atoms with van der Waals surface area (Å²) in [5.41, 5.74) is 5.78. The number of aryl methyl sites for hydroxylation is 2. The van der Waals surface area contributed by atoms with Gasteiger partial charge in [0.05, 0.1) is 5.56 Å². The second-order valence-corrected chi connectivity index (χ2v) is 7.04. The zero-order chi connectivity index (χ0) is 19.0. The van der Waals surface area contributed by atoms with E-state index in [-0.39, 0.29) is 11.9 Å². The Balaban J connectivity index is 1.57. The molecule has 1 amide bonds. The quantitative estimate of drug-likeness (QED) is 0.752. The molecule has 3 aromatic rings. The second kappa shape index (κ2) is 6.83. The van der Waals surface area contributed by atoms with Gasteiger partial charge >= 0.3 is 0 Å². The van der Waals surface area contributed by atoms with Gasteiger partial charge < -0.3 is 10.2 Å². The van der Waals surface area contributed by atoms with Crippen LogP contribution >= 0.6 is 0 Å². The minimum absolute atomic E-state index is 0.200. The van der Waals surface area contributed by atoms with Crippen LogP contribution in [0.3, 0.4) is 0 Å². The maximum atomic E-state index is 12.6. The summed E-state index contributed by atoms with van der Waals surface area (Å²) in [6.45, 7) is 6.12. The maximum absolute atomic E-state index is 12.6. The molecule has 2 heterocycles. The van der Waals surface area contributed by atoms with Crippen LogP contribution in [0.1, 0.15) is 34.0 Å². The lowest BCUT2D eigenvalue weighted by Gasteiger charge is -2.22. The highest BCUT2D eigenvalue weighted by Crippen LogP contribution is 2.36. The SMILES string of the molecule is Cc1cccc(C)c1NC(=O)c1cnc(N2c3ccccc3CC2C)nc1. The molecule has 1 aliphatic heterocycles. The van der Waals surface area contributed by atoms with E-state index in [0.717, 1.165) is 28.9 Å². The largest absolute Gasteiger partial charge is 0.321 e. The van der Waals surface area contributed by atoms with Gasteiger partial charge in [0.25, 0.3) is 5.91 Å². The van der Waals surface area contributed by atoms with Gasteiger partial charge in [-0.2, -0.15) is 0 Å². The van der Waals surface area contributed by atoms with E-state index < -0.39 is 0 Å². The third-order valence-corrected chi connectivity index (χ3v) is 5.04. The van der Waals surface area contributed by atoms with Gasteiger partial charge in [-0.3, -0.25) is 4.79 Å². The number of anilines is 3. The van der Waals surface area contributed by atoms with E-state index in [2.05, 4.69) is 45.3 Å². The van der Waals surface area contributed by atoms with E-state index in [4.69, 9.17) is 0 Å². The monoisotopic (exact) mass is 358 g/mol. The molecule has 0 saturated heterocycles. The van der Waals surface area contributed by atoms with Crippen molar-refractivity contribution in [2.24, 2.45) is 0 Å². The van der Waals surface area contributed by atoms with Crippen molar-refractivity contribution in [3.63, 3.8) is 0 Å². The molecule has 1 unspecified atom stereocenters. The summed E-state index contributed by atoms with van der Waals surface area (Å²) < 4.78 is 0. The molecule has 4 rings (SSSR count). The van der Waals surface area contributed by atoms with Crippen LogP contribution < -0.4 is 10.2 Å². The standard InChI is InChI=1S/C22H22N4O/c1-14-7-6-8-15(2)20(14)25-21(27)18-12-23-22(24-13-18)26-16(3)11-17-9-4-5-10-19(17)26/h4-10,12-13,16H,11H2,1-3H3,(H,25,27). The fourth-order valence-electron chi connectivity index (χ4n) is 3.63. The van der Waals surface area contributed by atoms with Crippen LogP contribution in [0.4, 0.5) is 17.3 Å². The normalized spacial score (nSPS) is 15.5. The van der Waals surface area contributed by atoms with Crippen molar-refractivity contribution in [1.29, 1.82) is 0 Å². The zero-order valence-corrected chi connectivity index (χ0v) is 15.7. The molecule has 0 fully saturated rings. The molecule has 5 nitrogen and oxygen atoms in total. The van der Waals surface area contributed by atoms with E-state index in [0.29, 0.717) is 11.5 Å². The predicted octanol–water partition coefficient (Wildman–Crippen LogP) is 4.43. The lowest BCUT2D eigenvalue weighted by atomic mass is 10.1. The number of hydrogen-bond acceptors (Lipinski definition) is 4. The number of amides is 1. The Kier molecular flexibility index (Phi) is 4.36. The van der Waals surface area contributed by atoms with Crippen LogP contribution in [0.15, 0.2) is 54.9 Å². The number of aromatic nitrogens is 2. The summed E-state index contributed by atoms with van der Waals surface area (Å²) in [5.74, 6) is 0.421. The van der Waals surface area contributed by atoms with Gasteiger partial charge in [0.2, 0.25) is 5.95 Å². The first-order chi connectivity index (χ1) is 13.0. The molecule has 0 bridgehead atoms. The van der Waals surface area contributed by atoms with Crippen molar-refractivity contribution < 1.29 is 4.79 Å². The van der Waals surface area contributed by atoms with Crippen molar-refractivity contribution in [3.05, 3.63) is 77.1 Å². The number of nitrogens with one attached hydrogen (secondary N) is 1. The summed E-state index contributed by atoms with van der Waals surface area (Å²) >= 11 is 0. The number of nitrogens with zero attached hydrogens (tertiary/aromatic N) is 3. The highest BCUT2D eigenvalue weighted by Gasteiger charge is 2.28. The summed E-state index contributed by atoms with van der Waals surface area (Å²) in [4.78, 5) is 23.7. The van der Waals surface area contributed by atoms with Gasteiger partial charge in [-0.25, -0.2) is 9.97 Å². The molecule has 0 aliphatic carbocycles. The molecule has 1 N–H and O–H groups in total. The minimum Gasteiger partial charge on any atom is -0.321 e. The van der Waals surface area contributed by atoms with Crippen LogP contribution in [0, 0.1) is 13.8 Å². The first-order valence-corrected chi connectivity index (χ1v) is 9.11. The summed E-state index contributed by atoms with van der Waals surface area (Å²) in [5, 5.41) is 2.98. The van der Waals surface area contributed by atoms with Gasteiger partial charge in [0, 0.05) is 29.8 Å². The highest BCUT2D eigenvalue weighted by molar-refractivity contribution is 6.04. The third-order valence-electron chi connectivity index (χ3n) is 5.04. The van der Waals surface area contributed by atoms with Crippen molar-refractivity contribution in [2.75, 3.05) is 10.2 Å². The maximum Gasteiger partial charge on any atom is 0.258 e. The van der Waals surface area contributed by atoms with E-state index in [1.165, 1.54) is 5.56 Å². The van der Waals surface area contributed by atoms with Crippen LogP contribution in [0.25, 0.3) is 0 Å². The average Bonchev–Trinajstić information content (AvgIpc) is 3.00. The molecule has 0 radical (unpaired) electrons. The van der Waals surface area contributed by atoms with Gasteiger partial charge in [-0.05, 0) is 49.9 Å². The van der Waals surface area contributed by atoms with Crippen LogP contribution in [0.2, 0.25) is 0 Å². The van der Waals surface area contributed by atoms with E-state index in [1.807, 2.05) is 38.1 Å². The fourth-order valence-corrected chi connectivity index (χ4v) is 3.63. The number of rotatable bonds is 3. The van der Waals surface area contributed by atoms with Gasteiger partial charge in [0.1, 0.15) is 0 Å². The lowest BCUT2D eigenvalue weighted by Crippen LogP contribution is -2.26. The van der Waals surface area contributed by atoms with E-state index in [9.17, 15) is 4.79 Å². The van der Waals surface area contributed by atoms with Crippen LogP contribution in [0.5, 0.6) is 0 Å². The zero-order valence-electron chi connectivity index (χ0n) is 15.7. The first-order valence-electron chi connectivity index (χ1n) is 9.11. The first kappa shape index (κ1) is 17.2. The number of hydrogen-bond donors (Lipinski definition) is 1. The molecular formula is C22H22N4O. The smallest absolute Gasteiger partial charge is 0.258 e. The Bertz CT molecular complexity index is 977. The van der Waals surface area contributed by atoms with E-state index >= 15 is 0 Å². The average molecular weight is 358 g/mol. The highest BCUT2D eigenvalue weighted by atomic mass is 16.1. The Morgan fingerprint density at radius 2 is 1.70 bits per heavy atom. The Morgan fingerprint density at radius 1 is 1.04 bits per heavy atom. The van der Waals surface area contributed by atoms with E-state index in [1.54, 1.807) is 12.4 Å². The number of carbonyl (C=O) groups excluding carboxylic acids is 1. The van der Waals surface area contributed by atoms with Crippen molar-refractivity contribution >= 4 is 23.2 Å². The summed E-state index contributed by atoms with van der Waals surface area (Å²) in [6.07, 6.45) is 4.16.